The Morgan fingerprint density at radius 1 is 1.58 bits per heavy atom. The van der Waals surface area contributed by atoms with Crippen LogP contribution in [0.5, 0.6) is 0 Å². The topological polar surface area (TPSA) is 41.8 Å². The molecule has 0 bridgehead atoms. The molecule has 1 N–H and O–H groups in total. The third kappa shape index (κ3) is 2.95. The molecule has 70 valence electrons. The molecule has 0 aromatic rings. The summed E-state index contributed by atoms with van der Waals surface area (Å²) in [4.78, 5) is 4.46. The van der Waals surface area contributed by atoms with E-state index in [1.165, 1.54) is 0 Å². The van der Waals surface area contributed by atoms with Gasteiger partial charge in [-0.05, 0) is 6.42 Å². The van der Waals surface area contributed by atoms with Crippen molar-refractivity contribution < 1.29 is 9.94 Å². The second-order valence-corrected chi connectivity index (χ2v) is 2.67. The average molecular weight is 171 g/mol. The number of oxime groups is 1. The highest BCUT2D eigenvalue weighted by atomic mass is 16.7. The normalized spacial score (nSPS) is 26.5. The first-order chi connectivity index (χ1) is 5.66. The van der Waals surface area contributed by atoms with E-state index in [0.29, 0.717) is 0 Å². The van der Waals surface area contributed by atoms with Crippen LogP contribution < -0.4 is 0 Å². The number of nitrogens with zero attached hydrogens (tertiary/aromatic N) is 1. The third-order valence-corrected chi connectivity index (χ3v) is 1.71. The minimum absolute atomic E-state index is 0.105. The van der Waals surface area contributed by atoms with Crippen LogP contribution in [0.15, 0.2) is 17.2 Å². The number of allylic oxidation sites excluding steroid dienone is 1. The fraction of sp³-hybridized carbons (Fsp3) is 0.667. The van der Waals surface area contributed by atoms with Crippen molar-refractivity contribution in [3.05, 3.63) is 12.0 Å². The second-order valence-electron chi connectivity index (χ2n) is 2.67. The summed E-state index contributed by atoms with van der Waals surface area (Å²) in [6.07, 6.45) is 4.25. The molecule has 0 fully saturated rings. The van der Waals surface area contributed by atoms with E-state index in [2.05, 4.69) is 9.99 Å². The molecule has 12 heavy (non-hydrogen) atoms. The Bertz CT molecular complexity index is 187. The van der Waals surface area contributed by atoms with Crippen LogP contribution in [-0.4, -0.2) is 11.3 Å². The van der Waals surface area contributed by atoms with Gasteiger partial charge in [-0.1, -0.05) is 32.9 Å². The van der Waals surface area contributed by atoms with Crippen LogP contribution in [0.3, 0.4) is 0 Å². The van der Waals surface area contributed by atoms with Gasteiger partial charge in [0.2, 0.25) is 0 Å². The Hall–Kier alpha value is -0.990. The van der Waals surface area contributed by atoms with E-state index >= 15 is 0 Å². The SMILES string of the molecule is CC.CCC1(C)C=NOC(O)=C1. The largest absolute Gasteiger partial charge is 0.480 e. The highest BCUT2D eigenvalue weighted by Crippen LogP contribution is 2.24. The molecule has 3 nitrogen and oxygen atoms in total. The maximum Gasteiger partial charge on any atom is 0.303 e. The standard InChI is InChI=1S/C7H11NO2.C2H6/c1-3-7(2)4-6(9)10-8-5-7;1-2/h4-5,9H,3H2,1-2H3;1-2H3. The summed E-state index contributed by atoms with van der Waals surface area (Å²) in [5.74, 6) is -0.105. The van der Waals surface area contributed by atoms with Crippen molar-refractivity contribution >= 4 is 6.21 Å². The van der Waals surface area contributed by atoms with Crippen molar-refractivity contribution in [2.45, 2.75) is 34.1 Å². The zero-order chi connectivity index (χ0) is 9.61. The Morgan fingerprint density at radius 2 is 2.17 bits per heavy atom. The van der Waals surface area contributed by atoms with E-state index in [4.69, 9.17) is 5.11 Å². The molecule has 1 aliphatic rings. The third-order valence-electron chi connectivity index (χ3n) is 1.71. The van der Waals surface area contributed by atoms with Crippen LogP contribution in [0.4, 0.5) is 0 Å². The molecule has 1 rings (SSSR count). The van der Waals surface area contributed by atoms with Crippen molar-refractivity contribution in [2.24, 2.45) is 10.6 Å². The Balaban J connectivity index is 0.000000561. The van der Waals surface area contributed by atoms with Crippen LogP contribution in [0.1, 0.15) is 34.1 Å². The fourth-order valence-corrected chi connectivity index (χ4v) is 0.740. The lowest BCUT2D eigenvalue weighted by Gasteiger charge is -2.20. The summed E-state index contributed by atoms with van der Waals surface area (Å²) in [5, 5.41) is 12.4. The molecule has 3 heteroatoms. The van der Waals surface area contributed by atoms with E-state index < -0.39 is 0 Å². The van der Waals surface area contributed by atoms with E-state index in [0.717, 1.165) is 6.42 Å². The number of hydrogen-bond acceptors (Lipinski definition) is 3. The van der Waals surface area contributed by atoms with E-state index in [1.807, 2.05) is 27.7 Å². The first-order valence-electron chi connectivity index (χ1n) is 4.30. The second kappa shape index (κ2) is 4.80. The van der Waals surface area contributed by atoms with E-state index in [9.17, 15) is 0 Å². The highest BCUT2D eigenvalue weighted by molar-refractivity contribution is 5.68. The molecular formula is C9H17NO2. The van der Waals surface area contributed by atoms with Gasteiger partial charge in [-0.3, -0.25) is 0 Å². The summed E-state index contributed by atoms with van der Waals surface area (Å²) in [7, 11) is 0. The zero-order valence-corrected chi connectivity index (χ0v) is 8.16. The minimum atomic E-state index is -0.137. The van der Waals surface area contributed by atoms with Gasteiger partial charge < -0.3 is 9.94 Å². The molecule has 0 saturated heterocycles. The number of aliphatic hydroxyl groups is 1. The van der Waals surface area contributed by atoms with Gasteiger partial charge in [0.15, 0.2) is 0 Å². The Morgan fingerprint density at radius 3 is 2.50 bits per heavy atom. The summed E-state index contributed by atoms with van der Waals surface area (Å²) < 4.78 is 0. The fourth-order valence-electron chi connectivity index (χ4n) is 0.740. The van der Waals surface area contributed by atoms with Gasteiger partial charge in [-0.25, -0.2) is 0 Å². The van der Waals surface area contributed by atoms with Gasteiger partial charge in [0.1, 0.15) is 0 Å². The number of hydrogen-bond donors (Lipinski definition) is 1. The zero-order valence-electron chi connectivity index (χ0n) is 8.16. The van der Waals surface area contributed by atoms with E-state index in [-0.39, 0.29) is 11.4 Å². The van der Waals surface area contributed by atoms with Crippen molar-refractivity contribution in [1.82, 2.24) is 0 Å². The molecule has 0 spiro atoms. The van der Waals surface area contributed by atoms with Gasteiger partial charge in [-0.2, -0.15) is 0 Å². The molecular weight excluding hydrogens is 154 g/mol. The molecule has 0 saturated carbocycles. The van der Waals surface area contributed by atoms with Gasteiger partial charge in [0.05, 0.1) is 6.21 Å². The first kappa shape index (κ1) is 11.0. The molecule has 0 radical (unpaired) electrons. The molecule has 0 amide bonds. The van der Waals surface area contributed by atoms with Crippen LogP contribution in [-0.2, 0) is 4.84 Å². The van der Waals surface area contributed by atoms with E-state index in [1.54, 1.807) is 12.3 Å². The number of rotatable bonds is 1. The molecule has 0 aromatic carbocycles. The smallest absolute Gasteiger partial charge is 0.303 e. The monoisotopic (exact) mass is 171 g/mol. The Labute approximate surface area is 73.7 Å². The molecule has 1 atom stereocenters. The van der Waals surface area contributed by atoms with Crippen molar-refractivity contribution in [1.29, 1.82) is 0 Å². The van der Waals surface area contributed by atoms with Crippen LogP contribution in [0.25, 0.3) is 0 Å². The van der Waals surface area contributed by atoms with Gasteiger partial charge in [0.25, 0.3) is 0 Å². The maximum atomic E-state index is 8.90. The molecule has 0 aliphatic carbocycles. The lowest BCUT2D eigenvalue weighted by Crippen LogP contribution is -2.17. The average Bonchev–Trinajstić information content (AvgIpc) is 2.08. The van der Waals surface area contributed by atoms with Crippen molar-refractivity contribution in [3.63, 3.8) is 0 Å². The van der Waals surface area contributed by atoms with Crippen molar-refractivity contribution in [2.75, 3.05) is 0 Å². The lowest BCUT2D eigenvalue weighted by atomic mass is 9.89. The van der Waals surface area contributed by atoms with Gasteiger partial charge >= 0.3 is 5.95 Å². The van der Waals surface area contributed by atoms with Gasteiger partial charge in [0, 0.05) is 11.5 Å². The number of aliphatic hydroxyl groups excluding tert-OH is 1. The highest BCUT2D eigenvalue weighted by Gasteiger charge is 2.21. The maximum absolute atomic E-state index is 8.90. The van der Waals surface area contributed by atoms with Crippen LogP contribution >= 0.6 is 0 Å². The lowest BCUT2D eigenvalue weighted by molar-refractivity contribution is 0.0874. The molecule has 1 unspecified atom stereocenters. The van der Waals surface area contributed by atoms with Crippen molar-refractivity contribution in [3.8, 4) is 0 Å². The summed E-state index contributed by atoms with van der Waals surface area (Å²) in [6, 6.07) is 0. The summed E-state index contributed by atoms with van der Waals surface area (Å²) in [5.41, 5.74) is -0.137. The predicted octanol–water partition coefficient (Wildman–Crippen LogP) is 2.84. The van der Waals surface area contributed by atoms with Crippen LogP contribution in [0.2, 0.25) is 0 Å². The predicted molar refractivity (Wildman–Crippen MR) is 50.0 cm³/mol. The van der Waals surface area contributed by atoms with Gasteiger partial charge in [-0.15, -0.1) is 0 Å². The summed E-state index contributed by atoms with van der Waals surface area (Å²) >= 11 is 0. The van der Waals surface area contributed by atoms with Crippen LogP contribution in [0, 0.1) is 5.41 Å². The molecule has 1 heterocycles. The Kier molecular flexibility index (Phi) is 4.40. The molecule has 1 aliphatic heterocycles. The first-order valence-corrected chi connectivity index (χ1v) is 4.30. The summed E-state index contributed by atoms with van der Waals surface area (Å²) in [6.45, 7) is 8.01. The quantitative estimate of drug-likeness (QED) is 0.659. The minimum Gasteiger partial charge on any atom is -0.480 e. The molecule has 0 aromatic heterocycles.